The number of fused-ring (bicyclic) bond motifs is 2. The Labute approximate surface area is 204 Å². The largest absolute Gasteiger partial charge is 0.458 e. The summed E-state index contributed by atoms with van der Waals surface area (Å²) >= 11 is 0. The van der Waals surface area contributed by atoms with Crippen LogP contribution < -0.4 is 0 Å². The van der Waals surface area contributed by atoms with Crippen molar-refractivity contribution in [2.45, 2.75) is 105 Å². The van der Waals surface area contributed by atoms with E-state index in [0.29, 0.717) is 29.1 Å². The predicted octanol–water partition coefficient (Wildman–Crippen LogP) is 6.40. The van der Waals surface area contributed by atoms with E-state index in [1.807, 2.05) is 6.92 Å². The summed E-state index contributed by atoms with van der Waals surface area (Å²) in [5.74, 6) is 1.77. The van der Waals surface area contributed by atoms with E-state index >= 15 is 0 Å². The van der Waals surface area contributed by atoms with Crippen LogP contribution in [-0.2, 0) is 19.1 Å². The number of hydrogen-bond donors (Lipinski definition) is 0. The van der Waals surface area contributed by atoms with Crippen molar-refractivity contribution in [3.05, 3.63) is 23.8 Å². The quantitative estimate of drug-likeness (QED) is 0.442. The summed E-state index contributed by atoms with van der Waals surface area (Å²) in [7, 11) is 0. The topological polar surface area (TPSA) is 52.6 Å². The van der Waals surface area contributed by atoms with Crippen LogP contribution in [0.4, 0.5) is 0 Å². The van der Waals surface area contributed by atoms with Crippen molar-refractivity contribution in [1.82, 2.24) is 0 Å². The fourth-order valence-corrected chi connectivity index (χ4v) is 10.7. The van der Waals surface area contributed by atoms with E-state index in [2.05, 4.69) is 46.8 Å². The molecule has 4 saturated carbocycles. The first kappa shape index (κ1) is 22.9. The number of carbonyl (C=O) groups excluding carboxylic acids is 2. The Bertz CT molecular complexity index is 1010. The highest BCUT2D eigenvalue weighted by molar-refractivity contribution is 5.88. The molecule has 0 aromatic heterocycles. The number of cyclic esters (lactones) is 2. The monoisotopic (exact) mass is 466 g/mol. The maximum absolute atomic E-state index is 12.4. The minimum absolute atomic E-state index is 0.00742. The Kier molecular flexibility index (Phi) is 4.57. The summed E-state index contributed by atoms with van der Waals surface area (Å²) in [5.41, 5.74) is 1.35. The summed E-state index contributed by atoms with van der Waals surface area (Å²) in [6.07, 6.45) is 15.6. The molecular formula is C30H42O4. The van der Waals surface area contributed by atoms with Crippen molar-refractivity contribution in [3.8, 4) is 0 Å². The number of esters is 2. The molecule has 9 atom stereocenters. The molecule has 0 amide bonds. The summed E-state index contributed by atoms with van der Waals surface area (Å²) in [5, 5.41) is 0. The van der Waals surface area contributed by atoms with Gasteiger partial charge in [-0.15, -0.1) is 0 Å². The van der Waals surface area contributed by atoms with Gasteiger partial charge in [0.1, 0.15) is 11.7 Å². The van der Waals surface area contributed by atoms with E-state index in [4.69, 9.17) is 9.47 Å². The fraction of sp³-hybridized carbons (Fsp3) is 0.800. The molecular weight excluding hydrogens is 424 g/mol. The molecule has 4 heteroatoms. The Balaban J connectivity index is 1.32. The molecule has 0 bridgehead atoms. The van der Waals surface area contributed by atoms with Crippen LogP contribution in [0, 0.1) is 45.3 Å². The number of hydrogen-bond acceptors (Lipinski definition) is 4. The molecule has 0 N–H and O–H groups in total. The average Bonchev–Trinajstić information content (AvgIpc) is 3.39. The molecule has 4 aliphatic carbocycles. The zero-order valence-electron chi connectivity index (χ0n) is 21.9. The first-order chi connectivity index (χ1) is 15.9. The van der Waals surface area contributed by atoms with Gasteiger partial charge in [0.05, 0.1) is 0 Å². The molecule has 4 nitrogen and oxygen atoms in total. The molecule has 2 spiro atoms. The van der Waals surface area contributed by atoms with Gasteiger partial charge in [0, 0.05) is 29.4 Å². The maximum Gasteiger partial charge on any atom is 0.333 e. The van der Waals surface area contributed by atoms with Crippen molar-refractivity contribution in [2.75, 3.05) is 0 Å². The van der Waals surface area contributed by atoms with Crippen LogP contribution in [0.15, 0.2) is 23.8 Å². The Morgan fingerprint density at radius 2 is 1.71 bits per heavy atom. The van der Waals surface area contributed by atoms with E-state index in [9.17, 15) is 9.59 Å². The molecule has 6 rings (SSSR count). The second kappa shape index (κ2) is 6.79. The van der Waals surface area contributed by atoms with E-state index in [-0.39, 0.29) is 34.3 Å². The van der Waals surface area contributed by atoms with Gasteiger partial charge in [-0.2, -0.15) is 0 Å². The second-order valence-corrected chi connectivity index (χ2v) is 13.8. The third kappa shape index (κ3) is 2.61. The van der Waals surface area contributed by atoms with Crippen molar-refractivity contribution >= 4 is 11.9 Å². The van der Waals surface area contributed by atoms with Crippen LogP contribution in [0.3, 0.4) is 0 Å². The van der Waals surface area contributed by atoms with Gasteiger partial charge < -0.3 is 9.47 Å². The lowest BCUT2D eigenvalue weighted by molar-refractivity contribution is -0.168. The van der Waals surface area contributed by atoms with Crippen LogP contribution in [-0.4, -0.2) is 23.6 Å². The van der Waals surface area contributed by atoms with Gasteiger partial charge in [-0.05, 0) is 99.7 Å². The summed E-state index contributed by atoms with van der Waals surface area (Å²) in [6, 6.07) is 0. The first-order valence-corrected chi connectivity index (χ1v) is 13.7. The zero-order valence-corrected chi connectivity index (χ0v) is 21.9. The number of allylic oxidation sites excluding steroid dienone is 1. The van der Waals surface area contributed by atoms with E-state index in [0.717, 1.165) is 18.4 Å². The van der Waals surface area contributed by atoms with Gasteiger partial charge in [0.15, 0.2) is 0 Å². The summed E-state index contributed by atoms with van der Waals surface area (Å²) in [4.78, 5) is 24.7. The van der Waals surface area contributed by atoms with Crippen LogP contribution in [0.25, 0.3) is 0 Å². The lowest BCUT2D eigenvalue weighted by Crippen LogP contribution is -2.56. The van der Waals surface area contributed by atoms with Gasteiger partial charge >= 0.3 is 11.9 Å². The maximum atomic E-state index is 12.4. The molecule has 4 fully saturated rings. The van der Waals surface area contributed by atoms with E-state index in [1.54, 1.807) is 6.08 Å². The van der Waals surface area contributed by atoms with E-state index < -0.39 is 5.60 Å². The molecule has 2 aliphatic heterocycles. The third-order valence-electron chi connectivity index (χ3n) is 12.6. The first-order valence-electron chi connectivity index (χ1n) is 13.7. The SMILES string of the molecule is CC1=CCC(C(C)C2CCC3(C)C4CCC5C(C)(C)OC(=O)C=CC56CC46CCC23C)OC1=O. The highest BCUT2D eigenvalue weighted by Crippen LogP contribution is 2.87. The minimum atomic E-state index is -0.403. The van der Waals surface area contributed by atoms with Crippen molar-refractivity contribution in [2.24, 2.45) is 45.3 Å². The smallest absolute Gasteiger partial charge is 0.333 e. The summed E-state index contributed by atoms with van der Waals surface area (Å²) < 4.78 is 11.8. The van der Waals surface area contributed by atoms with Crippen LogP contribution >= 0.6 is 0 Å². The summed E-state index contributed by atoms with van der Waals surface area (Å²) in [6.45, 7) is 13.7. The normalized spacial score (nSPS) is 51.5. The molecule has 2 heterocycles. The van der Waals surface area contributed by atoms with Crippen molar-refractivity contribution in [1.29, 1.82) is 0 Å². The zero-order chi connectivity index (χ0) is 24.3. The lowest BCUT2D eigenvalue weighted by atomic mass is 9.43. The molecule has 0 aromatic rings. The standard InChI is InChI=1S/C30H42O4/c1-18-7-8-21(33-25(18)32)19(2)20-11-13-28(6)23-10-9-22-26(3,4)34-24(31)12-14-29(22)17-30(23,29)16-15-27(20,28)5/h7,12,14,19-23H,8-11,13,15-17H2,1-6H3. The average molecular weight is 467 g/mol. The van der Waals surface area contributed by atoms with Crippen LogP contribution in [0.2, 0.25) is 0 Å². The van der Waals surface area contributed by atoms with Gasteiger partial charge in [0.25, 0.3) is 0 Å². The van der Waals surface area contributed by atoms with E-state index in [1.165, 1.54) is 38.5 Å². The number of ether oxygens (including phenoxy) is 2. The molecule has 9 unspecified atom stereocenters. The van der Waals surface area contributed by atoms with Gasteiger partial charge in [-0.25, -0.2) is 9.59 Å². The highest BCUT2D eigenvalue weighted by atomic mass is 16.6. The fourth-order valence-electron chi connectivity index (χ4n) is 10.7. The Morgan fingerprint density at radius 1 is 0.971 bits per heavy atom. The molecule has 186 valence electrons. The number of carbonyl (C=O) groups is 2. The highest BCUT2D eigenvalue weighted by Gasteiger charge is 2.81. The van der Waals surface area contributed by atoms with Crippen molar-refractivity contribution < 1.29 is 19.1 Å². The van der Waals surface area contributed by atoms with Gasteiger partial charge in [-0.1, -0.05) is 32.9 Å². The molecule has 0 aromatic carbocycles. The van der Waals surface area contributed by atoms with Gasteiger partial charge in [0.2, 0.25) is 0 Å². The predicted molar refractivity (Wildman–Crippen MR) is 131 cm³/mol. The van der Waals surface area contributed by atoms with Crippen LogP contribution in [0.1, 0.15) is 92.9 Å². The molecule has 0 radical (unpaired) electrons. The molecule has 34 heavy (non-hydrogen) atoms. The molecule has 0 saturated heterocycles. The minimum Gasteiger partial charge on any atom is -0.458 e. The lowest BCUT2D eigenvalue weighted by Gasteiger charge is -2.61. The molecule has 6 aliphatic rings. The number of rotatable bonds is 2. The Hall–Kier alpha value is -1.58. The van der Waals surface area contributed by atoms with Crippen molar-refractivity contribution in [3.63, 3.8) is 0 Å². The van der Waals surface area contributed by atoms with Gasteiger partial charge in [-0.3, -0.25) is 0 Å². The Morgan fingerprint density at radius 3 is 2.44 bits per heavy atom. The second-order valence-electron chi connectivity index (χ2n) is 13.8. The van der Waals surface area contributed by atoms with Crippen LogP contribution in [0.5, 0.6) is 0 Å². The third-order valence-corrected chi connectivity index (χ3v) is 12.6.